The molecule has 1 atom stereocenters. The lowest BCUT2D eigenvalue weighted by atomic mass is 10.1. The fourth-order valence-electron chi connectivity index (χ4n) is 2.42. The smallest absolute Gasteiger partial charge is 0.261 e. The van der Waals surface area contributed by atoms with E-state index < -0.39 is 17.6 Å². The summed E-state index contributed by atoms with van der Waals surface area (Å²) < 4.78 is 5.21. The average molecular weight is 338 g/mol. The third-order valence-corrected chi connectivity index (χ3v) is 3.86. The number of hydrogen-bond acceptors (Lipinski definition) is 4. The largest absolute Gasteiger partial charge is 0.463 e. The molecule has 3 aromatic rings. The van der Waals surface area contributed by atoms with Crippen molar-refractivity contribution in [3.63, 3.8) is 0 Å². The van der Waals surface area contributed by atoms with E-state index in [4.69, 9.17) is 4.42 Å². The number of rotatable bonds is 5. The second kappa shape index (κ2) is 7.19. The molecular weight excluding hydrogens is 320 g/mol. The van der Waals surface area contributed by atoms with Crippen molar-refractivity contribution in [3.05, 3.63) is 81.8 Å². The number of furan rings is 1. The predicted octanol–water partition coefficient (Wildman–Crippen LogP) is 2.41. The van der Waals surface area contributed by atoms with Crippen molar-refractivity contribution in [1.29, 1.82) is 0 Å². The Hall–Kier alpha value is -3.12. The molecule has 1 amide bonds. The van der Waals surface area contributed by atoms with Crippen LogP contribution in [0.3, 0.4) is 0 Å². The van der Waals surface area contributed by atoms with Gasteiger partial charge in [-0.05, 0) is 36.8 Å². The average Bonchev–Trinajstić information content (AvgIpc) is 3.14. The van der Waals surface area contributed by atoms with Gasteiger partial charge in [-0.1, -0.05) is 29.8 Å². The zero-order valence-corrected chi connectivity index (χ0v) is 13.7. The zero-order chi connectivity index (χ0) is 17.8. The van der Waals surface area contributed by atoms with Crippen molar-refractivity contribution in [1.82, 2.24) is 10.3 Å². The van der Waals surface area contributed by atoms with Gasteiger partial charge >= 0.3 is 0 Å². The number of hydrogen-bond donors (Lipinski definition) is 3. The number of aromatic nitrogens is 1. The number of aliphatic hydroxyl groups excluding tert-OH is 1. The molecule has 6 nitrogen and oxygen atoms in total. The summed E-state index contributed by atoms with van der Waals surface area (Å²) in [6.45, 7) is 1.97. The van der Waals surface area contributed by atoms with E-state index in [9.17, 15) is 14.7 Å². The maximum Gasteiger partial charge on any atom is 0.261 e. The molecule has 3 N–H and O–H groups in total. The fraction of sp³-hybridized carbons (Fsp3) is 0.158. The van der Waals surface area contributed by atoms with Crippen LogP contribution >= 0.6 is 0 Å². The van der Waals surface area contributed by atoms with Gasteiger partial charge in [-0.3, -0.25) is 9.59 Å². The summed E-state index contributed by atoms with van der Waals surface area (Å²) in [5.74, 6) is -0.0303. The number of nitrogens with one attached hydrogen (secondary N) is 2. The number of aryl methyl sites for hydroxylation is 1. The molecule has 0 aliphatic carbocycles. The fourth-order valence-corrected chi connectivity index (χ4v) is 2.42. The van der Waals surface area contributed by atoms with Gasteiger partial charge in [-0.25, -0.2) is 0 Å². The first-order valence-electron chi connectivity index (χ1n) is 7.84. The lowest BCUT2D eigenvalue weighted by Crippen LogP contribution is -2.32. The number of carbonyl (C=O) groups is 1. The minimum absolute atomic E-state index is 0.0151. The number of pyridine rings is 1. The molecule has 0 bridgehead atoms. The molecule has 25 heavy (non-hydrogen) atoms. The van der Waals surface area contributed by atoms with Crippen molar-refractivity contribution in [2.45, 2.75) is 13.0 Å². The van der Waals surface area contributed by atoms with Crippen molar-refractivity contribution in [2.24, 2.45) is 0 Å². The summed E-state index contributed by atoms with van der Waals surface area (Å²) in [5, 5.41) is 12.7. The number of H-pyrrole nitrogens is 1. The van der Waals surface area contributed by atoms with Crippen LogP contribution in [0.25, 0.3) is 11.5 Å². The molecule has 0 aliphatic heterocycles. The quantitative estimate of drug-likeness (QED) is 0.666. The lowest BCUT2D eigenvalue weighted by molar-refractivity contribution is 0.0915. The molecule has 128 valence electrons. The van der Waals surface area contributed by atoms with Gasteiger partial charge in [0.05, 0.1) is 18.1 Å². The molecule has 2 aromatic heterocycles. The third-order valence-electron chi connectivity index (χ3n) is 3.86. The number of carbonyl (C=O) groups excluding carboxylic acids is 1. The summed E-state index contributed by atoms with van der Waals surface area (Å²) in [6.07, 6.45) is 0.659. The Labute approximate surface area is 144 Å². The number of aromatic amines is 1. The summed E-state index contributed by atoms with van der Waals surface area (Å²) in [4.78, 5) is 26.9. The lowest BCUT2D eigenvalue weighted by Gasteiger charge is -2.12. The van der Waals surface area contributed by atoms with Crippen molar-refractivity contribution >= 4 is 5.91 Å². The van der Waals surface area contributed by atoms with Crippen LogP contribution in [0.2, 0.25) is 0 Å². The predicted molar refractivity (Wildman–Crippen MR) is 93.2 cm³/mol. The van der Waals surface area contributed by atoms with E-state index in [2.05, 4.69) is 10.3 Å². The number of aliphatic hydroxyl groups is 1. The second-order valence-corrected chi connectivity index (χ2v) is 5.73. The molecule has 3 rings (SSSR count). The third kappa shape index (κ3) is 3.87. The Balaban J connectivity index is 1.67. The molecule has 0 saturated carbocycles. The molecule has 0 fully saturated rings. The molecule has 0 spiro atoms. The van der Waals surface area contributed by atoms with Crippen LogP contribution in [0.4, 0.5) is 0 Å². The molecule has 0 aliphatic rings. The monoisotopic (exact) mass is 338 g/mol. The Morgan fingerprint density at radius 3 is 2.60 bits per heavy atom. The minimum atomic E-state index is -0.842. The Kier molecular flexibility index (Phi) is 4.81. The van der Waals surface area contributed by atoms with E-state index in [-0.39, 0.29) is 12.1 Å². The van der Waals surface area contributed by atoms with Gasteiger partial charge in [-0.15, -0.1) is 0 Å². The van der Waals surface area contributed by atoms with Gasteiger partial charge in [0, 0.05) is 6.54 Å². The van der Waals surface area contributed by atoms with Crippen LogP contribution in [0.15, 0.2) is 64.0 Å². The van der Waals surface area contributed by atoms with E-state index in [1.54, 1.807) is 30.3 Å². The van der Waals surface area contributed by atoms with Gasteiger partial charge in [0.1, 0.15) is 11.3 Å². The summed E-state index contributed by atoms with van der Waals surface area (Å²) in [5.41, 5.74) is 1.74. The van der Waals surface area contributed by atoms with E-state index in [0.29, 0.717) is 17.0 Å². The highest BCUT2D eigenvalue weighted by molar-refractivity contribution is 5.94. The van der Waals surface area contributed by atoms with Gasteiger partial charge < -0.3 is 19.8 Å². The van der Waals surface area contributed by atoms with Gasteiger partial charge in [0.15, 0.2) is 0 Å². The van der Waals surface area contributed by atoms with Crippen LogP contribution < -0.4 is 10.9 Å². The highest BCUT2D eigenvalue weighted by Gasteiger charge is 2.14. The van der Waals surface area contributed by atoms with Crippen LogP contribution in [0, 0.1) is 6.92 Å². The van der Waals surface area contributed by atoms with Crippen molar-refractivity contribution < 1.29 is 14.3 Å². The summed E-state index contributed by atoms with van der Waals surface area (Å²) >= 11 is 0. The summed E-state index contributed by atoms with van der Waals surface area (Å²) in [7, 11) is 0. The van der Waals surface area contributed by atoms with Crippen LogP contribution in [0.1, 0.15) is 27.6 Å². The van der Waals surface area contributed by atoms with Gasteiger partial charge in [0.2, 0.25) is 0 Å². The topological polar surface area (TPSA) is 95.3 Å². The second-order valence-electron chi connectivity index (χ2n) is 5.73. The zero-order valence-electron chi connectivity index (χ0n) is 13.7. The molecule has 2 heterocycles. The highest BCUT2D eigenvalue weighted by atomic mass is 16.3. The first-order valence-corrected chi connectivity index (χ1v) is 7.84. The summed E-state index contributed by atoms with van der Waals surface area (Å²) in [6, 6.07) is 13.8. The van der Waals surface area contributed by atoms with Gasteiger partial charge in [0.25, 0.3) is 11.5 Å². The Bertz CT molecular complexity index is 911. The Morgan fingerprint density at radius 1 is 1.20 bits per heavy atom. The maximum atomic E-state index is 12.2. The number of amides is 1. The highest BCUT2D eigenvalue weighted by Crippen LogP contribution is 2.16. The molecule has 1 aromatic carbocycles. The van der Waals surface area contributed by atoms with Crippen LogP contribution in [0.5, 0.6) is 0 Å². The molecule has 0 saturated heterocycles. The van der Waals surface area contributed by atoms with Crippen molar-refractivity contribution in [3.8, 4) is 11.5 Å². The van der Waals surface area contributed by atoms with Crippen LogP contribution in [-0.2, 0) is 0 Å². The van der Waals surface area contributed by atoms with Crippen molar-refractivity contribution in [2.75, 3.05) is 6.54 Å². The van der Waals surface area contributed by atoms with E-state index >= 15 is 0 Å². The molecular formula is C19H18N2O4. The number of benzene rings is 1. The Morgan fingerprint density at radius 2 is 1.96 bits per heavy atom. The van der Waals surface area contributed by atoms with E-state index in [0.717, 1.165) is 5.56 Å². The molecule has 0 radical (unpaired) electrons. The minimum Gasteiger partial charge on any atom is -0.463 e. The molecule has 6 heteroatoms. The van der Waals surface area contributed by atoms with Gasteiger partial charge in [-0.2, -0.15) is 0 Å². The first-order chi connectivity index (χ1) is 12.0. The standard InChI is InChI=1S/C19H18N2O4/c1-12-4-6-13(7-5-12)16(22)11-20-18(23)14-8-9-15(21-19(14)24)17-3-2-10-25-17/h2-10,16,22H,11H2,1H3,(H,20,23)(H,21,24)/t16-/m0/s1. The normalized spacial score (nSPS) is 11.9. The van der Waals surface area contributed by atoms with E-state index in [1.165, 1.54) is 12.3 Å². The van der Waals surface area contributed by atoms with Crippen LogP contribution in [-0.4, -0.2) is 22.5 Å². The SMILES string of the molecule is Cc1ccc([C@@H](O)CNC(=O)c2ccc(-c3ccco3)[nH]c2=O)cc1. The maximum absolute atomic E-state index is 12.2. The first kappa shape index (κ1) is 16.7. The van der Waals surface area contributed by atoms with E-state index in [1.807, 2.05) is 19.1 Å². The molecule has 0 unspecified atom stereocenters.